The first kappa shape index (κ1) is 15.5. The van der Waals surface area contributed by atoms with E-state index in [-0.39, 0.29) is 5.76 Å². The molecule has 21 heavy (non-hydrogen) atoms. The van der Waals surface area contributed by atoms with E-state index in [0.29, 0.717) is 44.1 Å². The van der Waals surface area contributed by atoms with Crippen LogP contribution < -0.4 is 5.32 Å². The molecule has 7 heteroatoms. The lowest BCUT2D eigenvalue weighted by Gasteiger charge is -2.02. The number of rotatable bonds is 7. The molecule has 0 aliphatic rings. The van der Waals surface area contributed by atoms with Crippen LogP contribution in [0.15, 0.2) is 22.7 Å². The van der Waals surface area contributed by atoms with Gasteiger partial charge in [0.1, 0.15) is 17.5 Å². The number of nitrogens with zero attached hydrogens (tertiary/aromatic N) is 1. The maximum Gasteiger partial charge on any atom is 0.196 e. The third kappa shape index (κ3) is 4.05. The van der Waals surface area contributed by atoms with Crippen LogP contribution in [0.3, 0.4) is 0 Å². The minimum Gasteiger partial charge on any atom is -0.440 e. The predicted octanol–water partition coefficient (Wildman–Crippen LogP) is 2.54. The molecular formula is C14H15F3N2O2. The predicted molar refractivity (Wildman–Crippen MR) is 70.3 cm³/mol. The van der Waals surface area contributed by atoms with Gasteiger partial charge in [0.05, 0.1) is 18.4 Å². The second-order valence-corrected chi connectivity index (χ2v) is 4.36. The zero-order chi connectivity index (χ0) is 15.2. The van der Waals surface area contributed by atoms with Crippen molar-refractivity contribution in [3.8, 4) is 11.3 Å². The van der Waals surface area contributed by atoms with Crippen LogP contribution in [0.1, 0.15) is 5.89 Å². The first-order valence-corrected chi connectivity index (χ1v) is 6.41. The molecule has 0 aliphatic carbocycles. The van der Waals surface area contributed by atoms with Gasteiger partial charge >= 0.3 is 0 Å². The molecule has 1 heterocycles. The number of aromatic nitrogens is 1. The number of benzene rings is 1. The molecule has 2 rings (SSSR count). The minimum absolute atomic E-state index is 0.0584. The summed E-state index contributed by atoms with van der Waals surface area (Å²) in [7, 11) is 1.60. The summed E-state index contributed by atoms with van der Waals surface area (Å²) in [6, 6.07) is 1.21. The molecule has 2 aromatic rings. The average molecular weight is 300 g/mol. The Labute approximate surface area is 119 Å². The van der Waals surface area contributed by atoms with Crippen molar-refractivity contribution in [3.05, 3.63) is 41.7 Å². The molecule has 0 bridgehead atoms. The Bertz CT molecular complexity index is 579. The van der Waals surface area contributed by atoms with Gasteiger partial charge in [-0.15, -0.1) is 0 Å². The van der Waals surface area contributed by atoms with Crippen molar-refractivity contribution in [2.45, 2.75) is 6.42 Å². The van der Waals surface area contributed by atoms with Crippen molar-refractivity contribution in [2.75, 3.05) is 26.8 Å². The summed E-state index contributed by atoms with van der Waals surface area (Å²) in [5.41, 5.74) is -0.414. The Morgan fingerprint density at radius 3 is 2.57 bits per heavy atom. The van der Waals surface area contributed by atoms with Crippen molar-refractivity contribution in [2.24, 2.45) is 0 Å². The first-order chi connectivity index (χ1) is 10.1. The third-order valence-electron chi connectivity index (χ3n) is 2.81. The van der Waals surface area contributed by atoms with Crippen molar-refractivity contribution in [1.29, 1.82) is 0 Å². The van der Waals surface area contributed by atoms with Crippen LogP contribution >= 0.6 is 0 Å². The molecule has 0 spiro atoms. The van der Waals surface area contributed by atoms with Crippen molar-refractivity contribution in [3.63, 3.8) is 0 Å². The SMILES string of the molecule is COCCNCCc1ncc(-c2c(F)cc(F)cc2F)o1. The highest BCUT2D eigenvalue weighted by atomic mass is 19.1. The van der Waals surface area contributed by atoms with Gasteiger partial charge in [-0.3, -0.25) is 0 Å². The minimum atomic E-state index is -1.02. The lowest BCUT2D eigenvalue weighted by molar-refractivity contribution is 0.199. The zero-order valence-electron chi connectivity index (χ0n) is 11.5. The highest BCUT2D eigenvalue weighted by Gasteiger charge is 2.17. The molecule has 4 nitrogen and oxygen atoms in total. The fourth-order valence-corrected chi connectivity index (χ4v) is 1.81. The highest BCUT2D eigenvalue weighted by Crippen LogP contribution is 2.27. The second kappa shape index (κ2) is 7.24. The fraction of sp³-hybridized carbons (Fsp3) is 0.357. The topological polar surface area (TPSA) is 47.3 Å². The van der Waals surface area contributed by atoms with Crippen molar-refractivity contribution >= 4 is 0 Å². The number of methoxy groups -OCH3 is 1. The Kier molecular flexibility index (Phi) is 5.35. The maximum absolute atomic E-state index is 13.6. The second-order valence-electron chi connectivity index (χ2n) is 4.36. The van der Waals surface area contributed by atoms with E-state index < -0.39 is 23.0 Å². The largest absolute Gasteiger partial charge is 0.440 e. The van der Waals surface area contributed by atoms with Crippen molar-refractivity contribution < 1.29 is 22.3 Å². The normalized spacial score (nSPS) is 11.0. The van der Waals surface area contributed by atoms with E-state index in [2.05, 4.69) is 10.3 Å². The monoisotopic (exact) mass is 300 g/mol. The van der Waals surface area contributed by atoms with Crippen LogP contribution in [0.2, 0.25) is 0 Å². The number of halogens is 3. The molecule has 1 aromatic heterocycles. The molecular weight excluding hydrogens is 285 g/mol. The van der Waals surface area contributed by atoms with E-state index in [9.17, 15) is 13.2 Å². The summed E-state index contributed by atoms with van der Waals surface area (Å²) < 4.78 is 50.2. The summed E-state index contributed by atoms with van der Waals surface area (Å²) in [5.74, 6) is -2.73. The zero-order valence-corrected chi connectivity index (χ0v) is 11.5. The van der Waals surface area contributed by atoms with Gasteiger partial charge in [0.2, 0.25) is 0 Å². The number of nitrogens with one attached hydrogen (secondary N) is 1. The van der Waals surface area contributed by atoms with Gasteiger partial charge in [0.15, 0.2) is 11.7 Å². The van der Waals surface area contributed by atoms with Gasteiger partial charge in [-0.1, -0.05) is 0 Å². The molecule has 114 valence electrons. The molecule has 0 unspecified atom stereocenters. The number of oxazole rings is 1. The average Bonchev–Trinajstić information content (AvgIpc) is 2.86. The van der Waals surface area contributed by atoms with Crippen LogP contribution in [0.25, 0.3) is 11.3 Å². The van der Waals surface area contributed by atoms with Gasteiger partial charge in [-0.2, -0.15) is 0 Å². The summed E-state index contributed by atoms with van der Waals surface area (Å²) >= 11 is 0. The molecule has 1 aromatic carbocycles. The summed E-state index contributed by atoms with van der Waals surface area (Å²) in [4.78, 5) is 3.95. The van der Waals surface area contributed by atoms with Crippen LogP contribution in [0.4, 0.5) is 13.2 Å². The highest BCUT2D eigenvalue weighted by molar-refractivity contribution is 5.58. The number of hydrogen-bond donors (Lipinski definition) is 1. The van der Waals surface area contributed by atoms with E-state index in [1.807, 2.05) is 0 Å². The van der Waals surface area contributed by atoms with E-state index in [4.69, 9.17) is 9.15 Å². The van der Waals surface area contributed by atoms with Crippen LogP contribution in [-0.4, -0.2) is 31.8 Å². The smallest absolute Gasteiger partial charge is 0.196 e. The summed E-state index contributed by atoms with van der Waals surface area (Å²) in [6.45, 7) is 1.87. The maximum atomic E-state index is 13.6. The lowest BCUT2D eigenvalue weighted by atomic mass is 10.1. The van der Waals surface area contributed by atoms with Gasteiger partial charge < -0.3 is 14.5 Å². The molecule has 0 atom stereocenters. The fourth-order valence-electron chi connectivity index (χ4n) is 1.81. The van der Waals surface area contributed by atoms with E-state index >= 15 is 0 Å². The first-order valence-electron chi connectivity index (χ1n) is 6.41. The van der Waals surface area contributed by atoms with E-state index in [0.717, 1.165) is 0 Å². The standard InChI is InChI=1S/C14H15F3N2O2/c1-20-5-4-18-3-2-13-19-8-12(21-13)14-10(16)6-9(15)7-11(14)17/h6-8,18H,2-5H2,1H3. The number of hydrogen-bond acceptors (Lipinski definition) is 4. The quantitative estimate of drug-likeness (QED) is 0.798. The Morgan fingerprint density at radius 1 is 1.19 bits per heavy atom. The van der Waals surface area contributed by atoms with Crippen LogP contribution in [0, 0.1) is 17.5 Å². The molecule has 1 N–H and O–H groups in total. The van der Waals surface area contributed by atoms with Gasteiger partial charge in [0.25, 0.3) is 0 Å². The van der Waals surface area contributed by atoms with E-state index in [1.54, 1.807) is 7.11 Å². The van der Waals surface area contributed by atoms with Crippen LogP contribution in [-0.2, 0) is 11.2 Å². The summed E-state index contributed by atoms with van der Waals surface area (Å²) in [6.07, 6.45) is 1.69. The van der Waals surface area contributed by atoms with Gasteiger partial charge in [-0.25, -0.2) is 18.2 Å². The molecule has 0 saturated carbocycles. The van der Waals surface area contributed by atoms with Gasteiger partial charge in [-0.05, 0) is 0 Å². The number of ether oxygens (including phenoxy) is 1. The Morgan fingerprint density at radius 2 is 1.90 bits per heavy atom. The third-order valence-corrected chi connectivity index (χ3v) is 2.81. The molecule has 0 radical (unpaired) electrons. The molecule has 0 fully saturated rings. The lowest BCUT2D eigenvalue weighted by Crippen LogP contribution is -2.21. The van der Waals surface area contributed by atoms with Crippen molar-refractivity contribution in [1.82, 2.24) is 10.3 Å². The molecule has 0 amide bonds. The summed E-state index contributed by atoms with van der Waals surface area (Å²) in [5, 5.41) is 3.09. The molecule has 0 aliphatic heterocycles. The van der Waals surface area contributed by atoms with E-state index in [1.165, 1.54) is 6.20 Å². The Hall–Kier alpha value is -1.86. The molecule has 0 saturated heterocycles. The Balaban J connectivity index is 2.03. The van der Waals surface area contributed by atoms with Crippen LogP contribution in [0.5, 0.6) is 0 Å². The van der Waals surface area contributed by atoms with Gasteiger partial charge in [0, 0.05) is 38.8 Å².